The van der Waals surface area contributed by atoms with Gasteiger partial charge in [-0.1, -0.05) is 0 Å². The predicted octanol–water partition coefficient (Wildman–Crippen LogP) is -0.610. The molecule has 0 aliphatic heterocycles. The number of amides is 2. The molecule has 2 amide bonds. The number of urea groups is 1. The maximum absolute atomic E-state index is 10.4. The molecular formula is C5H10N2O3. The molecule has 0 bridgehead atoms. The van der Waals surface area contributed by atoms with Crippen molar-refractivity contribution >= 4 is 12.0 Å². The van der Waals surface area contributed by atoms with Crippen LogP contribution in [0.15, 0.2) is 0 Å². The fourth-order valence-electron chi connectivity index (χ4n) is 0.371. The number of carbonyl (C=O) groups excluding carboxylic acids is 1. The fraction of sp³-hybridized carbons (Fsp3) is 0.600. The minimum absolute atomic E-state index is 0.0482. The highest BCUT2D eigenvalue weighted by Crippen LogP contribution is 1.73. The Hall–Kier alpha value is -1.26. The largest absolute Gasteiger partial charge is 0.481 e. The number of carboxylic acid groups (broad SMARTS) is 1. The molecule has 0 radical (unpaired) electrons. The first kappa shape index (κ1) is 8.74. The monoisotopic (exact) mass is 146 g/mol. The van der Waals surface area contributed by atoms with Crippen molar-refractivity contribution in [2.75, 3.05) is 13.6 Å². The first-order valence-electron chi connectivity index (χ1n) is 2.84. The van der Waals surface area contributed by atoms with Crippen molar-refractivity contribution in [2.24, 2.45) is 0 Å². The van der Waals surface area contributed by atoms with Crippen LogP contribution in [-0.2, 0) is 4.79 Å². The maximum Gasteiger partial charge on any atom is 0.314 e. The van der Waals surface area contributed by atoms with E-state index >= 15 is 0 Å². The topological polar surface area (TPSA) is 78.4 Å². The second-order valence-corrected chi connectivity index (χ2v) is 1.65. The molecule has 0 aromatic heterocycles. The molecular weight excluding hydrogens is 136 g/mol. The highest BCUT2D eigenvalue weighted by molar-refractivity contribution is 5.74. The van der Waals surface area contributed by atoms with Crippen molar-refractivity contribution in [1.82, 2.24) is 10.6 Å². The van der Waals surface area contributed by atoms with Gasteiger partial charge in [0.2, 0.25) is 0 Å². The van der Waals surface area contributed by atoms with Gasteiger partial charge in [-0.15, -0.1) is 0 Å². The zero-order chi connectivity index (χ0) is 7.98. The molecule has 0 aromatic carbocycles. The third-order valence-corrected chi connectivity index (χ3v) is 0.851. The number of rotatable bonds is 3. The van der Waals surface area contributed by atoms with Crippen LogP contribution >= 0.6 is 0 Å². The minimum Gasteiger partial charge on any atom is -0.481 e. The molecule has 5 heteroatoms. The standard InChI is InChI=1S/C5H10N2O3/c1-6-5(10)7-3-2-4(8)9/h2-3H2,1H3,(H,8,9)(H2,6,7,10). The molecule has 10 heavy (non-hydrogen) atoms. The smallest absolute Gasteiger partial charge is 0.314 e. The van der Waals surface area contributed by atoms with Crippen molar-refractivity contribution in [3.63, 3.8) is 0 Å². The highest BCUT2D eigenvalue weighted by atomic mass is 16.4. The summed E-state index contributed by atoms with van der Waals surface area (Å²) in [5.74, 6) is -0.920. The second kappa shape index (κ2) is 4.60. The first-order valence-corrected chi connectivity index (χ1v) is 2.84. The van der Waals surface area contributed by atoms with E-state index in [1.807, 2.05) is 0 Å². The van der Waals surface area contributed by atoms with Crippen molar-refractivity contribution in [3.05, 3.63) is 0 Å². The highest BCUT2D eigenvalue weighted by Gasteiger charge is 1.97. The number of nitrogens with one attached hydrogen (secondary N) is 2. The summed E-state index contributed by atoms with van der Waals surface area (Å²) in [4.78, 5) is 20.3. The molecule has 0 saturated heterocycles. The van der Waals surface area contributed by atoms with Gasteiger partial charge < -0.3 is 15.7 Å². The fourth-order valence-corrected chi connectivity index (χ4v) is 0.371. The Morgan fingerprint density at radius 1 is 1.50 bits per heavy atom. The Morgan fingerprint density at radius 2 is 2.10 bits per heavy atom. The predicted molar refractivity (Wildman–Crippen MR) is 34.7 cm³/mol. The van der Waals surface area contributed by atoms with E-state index in [9.17, 15) is 9.59 Å². The van der Waals surface area contributed by atoms with Gasteiger partial charge >= 0.3 is 12.0 Å². The molecule has 0 aliphatic carbocycles. The summed E-state index contributed by atoms with van der Waals surface area (Å²) >= 11 is 0. The van der Waals surface area contributed by atoms with Crippen LogP contribution in [0.2, 0.25) is 0 Å². The minimum atomic E-state index is -0.920. The lowest BCUT2D eigenvalue weighted by molar-refractivity contribution is -0.136. The summed E-state index contributed by atoms with van der Waals surface area (Å²) in [7, 11) is 1.47. The van der Waals surface area contributed by atoms with Crippen LogP contribution in [0.4, 0.5) is 4.79 Å². The molecule has 58 valence electrons. The number of carboxylic acids is 1. The lowest BCUT2D eigenvalue weighted by Crippen LogP contribution is -2.34. The second-order valence-electron chi connectivity index (χ2n) is 1.65. The van der Waals surface area contributed by atoms with E-state index in [1.54, 1.807) is 0 Å². The van der Waals surface area contributed by atoms with Gasteiger partial charge in [0.15, 0.2) is 0 Å². The van der Waals surface area contributed by atoms with Gasteiger partial charge in [-0.2, -0.15) is 0 Å². The van der Waals surface area contributed by atoms with E-state index in [-0.39, 0.29) is 19.0 Å². The van der Waals surface area contributed by atoms with E-state index in [4.69, 9.17) is 5.11 Å². The summed E-state index contributed by atoms with van der Waals surface area (Å²) in [5, 5.41) is 12.8. The zero-order valence-corrected chi connectivity index (χ0v) is 5.68. The average Bonchev–Trinajstić information content (AvgIpc) is 1.87. The van der Waals surface area contributed by atoms with Crippen LogP contribution in [0.1, 0.15) is 6.42 Å². The third kappa shape index (κ3) is 4.89. The zero-order valence-electron chi connectivity index (χ0n) is 5.68. The van der Waals surface area contributed by atoms with Gasteiger partial charge in [-0.05, 0) is 0 Å². The van der Waals surface area contributed by atoms with Crippen LogP contribution in [0.25, 0.3) is 0 Å². The Kier molecular flexibility index (Phi) is 4.02. The van der Waals surface area contributed by atoms with Gasteiger partial charge in [0, 0.05) is 13.6 Å². The third-order valence-electron chi connectivity index (χ3n) is 0.851. The number of hydrogen-bond donors (Lipinski definition) is 3. The van der Waals surface area contributed by atoms with Gasteiger partial charge in [-0.3, -0.25) is 4.79 Å². The summed E-state index contributed by atoms with van der Waals surface area (Å²) in [5.41, 5.74) is 0. The van der Waals surface area contributed by atoms with Crippen molar-refractivity contribution in [2.45, 2.75) is 6.42 Å². The Labute approximate surface area is 58.4 Å². The van der Waals surface area contributed by atoms with E-state index in [0.717, 1.165) is 0 Å². The molecule has 0 fully saturated rings. The lowest BCUT2D eigenvalue weighted by atomic mass is 10.4. The molecule has 3 N–H and O–H groups in total. The molecule has 0 heterocycles. The van der Waals surface area contributed by atoms with Gasteiger partial charge in [-0.25, -0.2) is 4.79 Å². The van der Waals surface area contributed by atoms with E-state index in [1.165, 1.54) is 7.05 Å². The Morgan fingerprint density at radius 3 is 2.50 bits per heavy atom. The Balaban J connectivity index is 3.20. The van der Waals surface area contributed by atoms with Crippen molar-refractivity contribution < 1.29 is 14.7 Å². The SMILES string of the molecule is CNC(=O)NCCC(=O)O. The summed E-state index contributed by atoms with van der Waals surface area (Å²) in [6, 6.07) is -0.360. The lowest BCUT2D eigenvalue weighted by Gasteiger charge is -1.99. The average molecular weight is 146 g/mol. The van der Waals surface area contributed by atoms with Gasteiger partial charge in [0.25, 0.3) is 0 Å². The summed E-state index contributed by atoms with van der Waals surface area (Å²) < 4.78 is 0. The van der Waals surface area contributed by atoms with Crippen molar-refractivity contribution in [1.29, 1.82) is 0 Å². The van der Waals surface area contributed by atoms with Crippen LogP contribution in [0.3, 0.4) is 0 Å². The van der Waals surface area contributed by atoms with Crippen molar-refractivity contribution in [3.8, 4) is 0 Å². The molecule has 0 spiro atoms. The summed E-state index contributed by atoms with van der Waals surface area (Å²) in [6.45, 7) is 0.162. The Bertz CT molecular complexity index is 135. The number of hydrogen-bond acceptors (Lipinski definition) is 2. The van der Waals surface area contributed by atoms with E-state index in [0.29, 0.717) is 0 Å². The number of aliphatic carboxylic acids is 1. The van der Waals surface area contributed by atoms with Crippen LogP contribution in [0.5, 0.6) is 0 Å². The van der Waals surface area contributed by atoms with Gasteiger partial charge in [0.05, 0.1) is 6.42 Å². The van der Waals surface area contributed by atoms with Gasteiger partial charge in [0.1, 0.15) is 0 Å². The normalized spacial score (nSPS) is 8.50. The van der Waals surface area contributed by atoms with E-state index in [2.05, 4.69) is 10.6 Å². The van der Waals surface area contributed by atoms with Crippen LogP contribution in [0, 0.1) is 0 Å². The molecule has 0 rings (SSSR count). The van der Waals surface area contributed by atoms with E-state index < -0.39 is 5.97 Å². The maximum atomic E-state index is 10.4. The van der Waals surface area contributed by atoms with Crippen LogP contribution in [-0.4, -0.2) is 30.7 Å². The molecule has 0 atom stereocenters. The first-order chi connectivity index (χ1) is 4.66. The summed E-state index contributed by atoms with van der Waals surface area (Å²) in [6.07, 6.45) is -0.0482. The molecule has 0 aliphatic rings. The van der Waals surface area contributed by atoms with Crippen LogP contribution < -0.4 is 10.6 Å². The molecule has 5 nitrogen and oxygen atoms in total. The molecule has 0 unspecified atom stereocenters. The molecule has 0 aromatic rings. The quantitative estimate of drug-likeness (QED) is 0.497. The molecule has 0 saturated carbocycles. The number of carbonyl (C=O) groups is 2.